The number of rotatable bonds is 8. The summed E-state index contributed by atoms with van der Waals surface area (Å²) in [5.41, 5.74) is 0.650. The maximum Gasteiger partial charge on any atom is 0.309 e. The van der Waals surface area contributed by atoms with Gasteiger partial charge >= 0.3 is 5.97 Å². The predicted octanol–water partition coefficient (Wildman–Crippen LogP) is 2.29. The Morgan fingerprint density at radius 2 is 2.44 bits per heavy atom. The van der Waals surface area contributed by atoms with Crippen LogP contribution >= 0.6 is 23.1 Å². The molecule has 16 heavy (non-hydrogen) atoms. The molecule has 1 aromatic heterocycles. The first-order valence-corrected chi connectivity index (χ1v) is 6.87. The van der Waals surface area contributed by atoms with Crippen LogP contribution < -0.4 is 0 Å². The van der Waals surface area contributed by atoms with E-state index in [4.69, 9.17) is 9.84 Å². The lowest BCUT2D eigenvalue weighted by Gasteiger charge is -1.97. The van der Waals surface area contributed by atoms with Crippen LogP contribution in [0.25, 0.3) is 0 Å². The first-order chi connectivity index (χ1) is 7.72. The molecule has 0 saturated heterocycles. The number of hydrogen-bond donors (Lipinski definition) is 1. The van der Waals surface area contributed by atoms with Crippen LogP contribution in [0.3, 0.4) is 0 Å². The highest BCUT2D eigenvalue weighted by molar-refractivity contribution is 8.00. The van der Waals surface area contributed by atoms with Gasteiger partial charge in [-0.3, -0.25) is 4.79 Å². The van der Waals surface area contributed by atoms with Crippen molar-refractivity contribution in [3.63, 3.8) is 0 Å². The van der Waals surface area contributed by atoms with Gasteiger partial charge in [0.25, 0.3) is 0 Å². The third-order valence-corrected chi connectivity index (χ3v) is 3.99. The molecule has 0 aliphatic rings. The van der Waals surface area contributed by atoms with Crippen molar-refractivity contribution < 1.29 is 14.6 Å². The van der Waals surface area contributed by atoms with E-state index < -0.39 is 5.97 Å². The summed E-state index contributed by atoms with van der Waals surface area (Å²) in [5.74, 6) is 0.172. The summed E-state index contributed by atoms with van der Waals surface area (Å²) in [6.45, 7) is 0.794. The third-order valence-electron chi connectivity index (χ3n) is 1.83. The molecular formula is C10H15NO3S2. The second kappa shape index (κ2) is 7.65. The third kappa shape index (κ3) is 5.48. The number of aliphatic carboxylic acids is 1. The van der Waals surface area contributed by atoms with E-state index in [1.54, 1.807) is 18.9 Å². The van der Waals surface area contributed by atoms with E-state index in [-0.39, 0.29) is 6.42 Å². The maximum absolute atomic E-state index is 10.5. The molecule has 1 N–H and O–H groups in total. The first kappa shape index (κ1) is 13.5. The van der Waals surface area contributed by atoms with Crippen molar-refractivity contribution >= 4 is 29.1 Å². The number of carboxylic acid groups (broad SMARTS) is 1. The van der Waals surface area contributed by atoms with E-state index in [9.17, 15) is 4.79 Å². The van der Waals surface area contributed by atoms with E-state index in [2.05, 4.69) is 4.98 Å². The zero-order valence-electron chi connectivity index (χ0n) is 9.14. The minimum atomic E-state index is -0.832. The summed E-state index contributed by atoms with van der Waals surface area (Å²) in [4.78, 5) is 14.7. The van der Waals surface area contributed by atoms with Crippen molar-refractivity contribution in [3.05, 3.63) is 11.1 Å². The lowest BCUT2D eigenvalue weighted by Crippen LogP contribution is -1.99. The number of hydrogen-bond acceptors (Lipinski definition) is 5. The summed E-state index contributed by atoms with van der Waals surface area (Å²) < 4.78 is 5.91. The van der Waals surface area contributed by atoms with Crippen LogP contribution in [0.4, 0.5) is 0 Å². The fourth-order valence-electron chi connectivity index (χ4n) is 1.10. The molecule has 0 fully saturated rings. The van der Waals surface area contributed by atoms with Crippen molar-refractivity contribution in [2.24, 2.45) is 0 Å². The number of nitrogens with zero attached hydrogens (tertiary/aromatic N) is 1. The number of methoxy groups -OCH3 is 1. The van der Waals surface area contributed by atoms with Crippen molar-refractivity contribution in [1.29, 1.82) is 0 Å². The summed E-state index contributed by atoms with van der Waals surface area (Å²) in [5, 5.41) is 10.4. The normalized spacial score (nSPS) is 10.6. The average molecular weight is 261 g/mol. The van der Waals surface area contributed by atoms with E-state index in [0.29, 0.717) is 5.69 Å². The summed E-state index contributed by atoms with van der Waals surface area (Å²) in [6, 6.07) is 0. The zero-order valence-corrected chi connectivity index (χ0v) is 10.8. The van der Waals surface area contributed by atoms with Crippen LogP contribution in [0.5, 0.6) is 0 Å². The van der Waals surface area contributed by atoms with Crippen molar-refractivity contribution in [1.82, 2.24) is 4.98 Å². The predicted molar refractivity (Wildman–Crippen MR) is 65.3 cm³/mol. The second-order valence-corrected chi connectivity index (χ2v) is 5.42. The van der Waals surface area contributed by atoms with Crippen molar-refractivity contribution in [3.8, 4) is 0 Å². The molecule has 0 radical (unpaired) electrons. The monoisotopic (exact) mass is 261 g/mol. The number of carbonyl (C=O) groups is 1. The van der Waals surface area contributed by atoms with Crippen LogP contribution in [0.2, 0.25) is 0 Å². The van der Waals surface area contributed by atoms with Gasteiger partial charge in [0.2, 0.25) is 0 Å². The summed E-state index contributed by atoms with van der Waals surface area (Å²) in [6.07, 6.45) is 2.16. The van der Waals surface area contributed by atoms with Crippen LogP contribution in [0, 0.1) is 0 Å². The Labute approximate surface area is 103 Å². The van der Waals surface area contributed by atoms with Gasteiger partial charge in [-0.15, -0.1) is 11.3 Å². The highest BCUT2D eigenvalue weighted by Crippen LogP contribution is 2.23. The van der Waals surface area contributed by atoms with Crippen molar-refractivity contribution in [2.75, 3.05) is 19.5 Å². The molecule has 0 spiro atoms. The smallest absolute Gasteiger partial charge is 0.309 e. The van der Waals surface area contributed by atoms with E-state index >= 15 is 0 Å². The Morgan fingerprint density at radius 3 is 3.12 bits per heavy atom. The largest absolute Gasteiger partial charge is 0.481 e. The molecule has 0 aliphatic heterocycles. The second-order valence-electron chi connectivity index (χ2n) is 3.22. The van der Waals surface area contributed by atoms with E-state index in [0.717, 1.165) is 29.5 Å². The fourth-order valence-corrected chi connectivity index (χ4v) is 3.01. The first-order valence-electron chi connectivity index (χ1n) is 5.00. The number of thiazole rings is 1. The fraction of sp³-hybridized carbons (Fsp3) is 0.600. The lowest BCUT2D eigenvalue weighted by molar-refractivity contribution is -0.136. The number of carboxylic acids is 1. The molecule has 0 bridgehead atoms. The van der Waals surface area contributed by atoms with Gasteiger partial charge in [-0.25, -0.2) is 4.98 Å². The standard InChI is InChI=1S/C10H15NO3S2/c1-14-4-2-3-5-15-10-11-8(7-16-10)6-9(12)13/h7H,2-6H2,1H3,(H,12,13). The van der Waals surface area contributed by atoms with Crippen LogP contribution in [0.1, 0.15) is 18.5 Å². The molecule has 0 amide bonds. The van der Waals surface area contributed by atoms with Gasteiger partial charge in [0.15, 0.2) is 0 Å². The molecule has 0 unspecified atom stereocenters. The minimum Gasteiger partial charge on any atom is -0.481 e. The van der Waals surface area contributed by atoms with Crippen LogP contribution in [0.15, 0.2) is 9.72 Å². The highest BCUT2D eigenvalue weighted by Gasteiger charge is 2.06. The summed E-state index contributed by atoms with van der Waals surface area (Å²) >= 11 is 3.19. The van der Waals surface area contributed by atoms with Gasteiger partial charge in [0, 0.05) is 24.8 Å². The Kier molecular flexibility index (Phi) is 6.44. The molecule has 0 atom stereocenters. The molecule has 1 rings (SSSR count). The maximum atomic E-state index is 10.5. The molecule has 1 aromatic rings. The zero-order chi connectivity index (χ0) is 11.8. The minimum absolute atomic E-state index is 0.0146. The Balaban J connectivity index is 2.21. The Morgan fingerprint density at radius 1 is 1.62 bits per heavy atom. The number of ether oxygens (including phenoxy) is 1. The Hall–Kier alpha value is -0.590. The lowest BCUT2D eigenvalue weighted by atomic mass is 10.3. The SMILES string of the molecule is COCCCCSc1nc(CC(=O)O)cs1. The molecule has 0 saturated carbocycles. The van der Waals surface area contributed by atoms with E-state index in [1.165, 1.54) is 11.3 Å². The molecule has 0 aliphatic carbocycles. The molecule has 6 heteroatoms. The number of thioether (sulfide) groups is 1. The molecule has 0 aromatic carbocycles. The highest BCUT2D eigenvalue weighted by atomic mass is 32.2. The average Bonchev–Trinajstić information content (AvgIpc) is 2.64. The van der Waals surface area contributed by atoms with Gasteiger partial charge in [0.05, 0.1) is 12.1 Å². The van der Waals surface area contributed by atoms with E-state index in [1.807, 2.05) is 5.38 Å². The van der Waals surface area contributed by atoms with Gasteiger partial charge in [0.1, 0.15) is 4.34 Å². The van der Waals surface area contributed by atoms with Crippen LogP contribution in [-0.2, 0) is 16.0 Å². The van der Waals surface area contributed by atoms with Gasteiger partial charge in [-0.05, 0) is 12.8 Å². The van der Waals surface area contributed by atoms with Crippen molar-refractivity contribution in [2.45, 2.75) is 23.6 Å². The molecule has 90 valence electrons. The molecule has 1 heterocycles. The number of aromatic nitrogens is 1. The molecular weight excluding hydrogens is 246 g/mol. The molecule has 4 nitrogen and oxygen atoms in total. The van der Waals surface area contributed by atoms with Crippen LogP contribution in [-0.4, -0.2) is 35.5 Å². The number of unbranched alkanes of at least 4 members (excludes halogenated alkanes) is 1. The van der Waals surface area contributed by atoms with Gasteiger partial charge in [-0.2, -0.15) is 0 Å². The summed E-state index contributed by atoms with van der Waals surface area (Å²) in [7, 11) is 1.70. The van der Waals surface area contributed by atoms with Gasteiger partial charge < -0.3 is 9.84 Å². The topological polar surface area (TPSA) is 59.4 Å². The quantitative estimate of drug-likeness (QED) is 0.574. The Bertz CT molecular complexity index is 328. The van der Waals surface area contributed by atoms with Gasteiger partial charge in [-0.1, -0.05) is 11.8 Å².